The van der Waals surface area contributed by atoms with E-state index in [0.29, 0.717) is 30.3 Å². The molecule has 11 heteroatoms. The number of likely N-dealkylation sites (N-methyl/N-ethyl adjacent to an activating group) is 1. The van der Waals surface area contributed by atoms with Crippen molar-refractivity contribution in [2.45, 2.75) is 161 Å². The van der Waals surface area contributed by atoms with Gasteiger partial charge in [-0.15, -0.1) is 0 Å². The summed E-state index contributed by atoms with van der Waals surface area (Å²) in [5, 5.41) is 9.27. The molecule has 1 unspecified atom stereocenters. The molecule has 0 heterocycles. The van der Waals surface area contributed by atoms with Crippen molar-refractivity contribution in [3.05, 3.63) is 72.9 Å². The Morgan fingerprint density at radius 2 is 1.11 bits per heavy atom. The van der Waals surface area contributed by atoms with Crippen LogP contribution >= 0.6 is 7.82 Å². The fraction of sp³-hybridized carbons (Fsp3) is 0.696. The van der Waals surface area contributed by atoms with Crippen LogP contribution in [0.15, 0.2) is 72.9 Å². The van der Waals surface area contributed by atoms with E-state index in [-0.39, 0.29) is 32.2 Å². The zero-order chi connectivity index (χ0) is 42.3. The lowest BCUT2D eigenvalue weighted by molar-refractivity contribution is -0.870. The van der Waals surface area contributed by atoms with Gasteiger partial charge in [0.15, 0.2) is 6.10 Å². The van der Waals surface area contributed by atoms with Gasteiger partial charge >= 0.3 is 11.9 Å². The lowest BCUT2D eigenvalue weighted by Gasteiger charge is -2.28. The molecule has 0 saturated heterocycles. The summed E-state index contributed by atoms with van der Waals surface area (Å²) in [7, 11) is 1.09. The van der Waals surface area contributed by atoms with Crippen molar-refractivity contribution < 1.29 is 47.2 Å². The molecule has 0 amide bonds. The average Bonchev–Trinajstić information content (AvgIpc) is 3.14. The van der Waals surface area contributed by atoms with Gasteiger partial charge in [-0.1, -0.05) is 112 Å². The number of carbonyl (C=O) groups excluding carboxylic acids is 2. The molecule has 0 aliphatic rings. The molecule has 0 fully saturated rings. The molecule has 0 radical (unpaired) electrons. The Kier molecular flexibility index (Phi) is 36.0. The summed E-state index contributed by atoms with van der Waals surface area (Å²) in [5.74, 6) is -0.940. The molecule has 0 saturated carbocycles. The number of hydrogen-bond donors (Lipinski definition) is 1. The first-order chi connectivity index (χ1) is 27.3. The molecule has 1 N–H and O–H groups in total. The van der Waals surface area contributed by atoms with Crippen LogP contribution in [0, 0.1) is 0 Å². The average molecular weight is 822 g/mol. The van der Waals surface area contributed by atoms with E-state index >= 15 is 0 Å². The predicted molar refractivity (Wildman–Crippen MR) is 232 cm³/mol. The fourth-order valence-electron chi connectivity index (χ4n) is 5.28. The van der Waals surface area contributed by atoms with Crippen LogP contribution < -0.4 is 4.89 Å². The van der Waals surface area contributed by atoms with Crippen molar-refractivity contribution in [1.82, 2.24) is 0 Å². The first kappa shape index (κ1) is 54.4. The van der Waals surface area contributed by atoms with Gasteiger partial charge in [0.1, 0.15) is 19.8 Å². The van der Waals surface area contributed by atoms with E-state index in [1.807, 2.05) is 34.1 Å². The van der Waals surface area contributed by atoms with E-state index in [1.165, 1.54) is 19.3 Å². The Balaban J connectivity index is 4.50. The van der Waals surface area contributed by atoms with Crippen LogP contribution in [0.25, 0.3) is 0 Å². The Labute approximate surface area is 347 Å². The largest absolute Gasteiger partial charge is 0.756 e. The second-order valence-corrected chi connectivity index (χ2v) is 17.0. The highest BCUT2D eigenvalue weighted by Crippen LogP contribution is 2.38. The Bertz CT molecular complexity index is 1220. The first-order valence-corrected chi connectivity index (χ1v) is 23.1. The minimum Gasteiger partial charge on any atom is -0.756 e. The van der Waals surface area contributed by atoms with Gasteiger partial charge in [-0.2, -0.15) is 0 Å². The summed E-state index contributed by atoms with van der Waals surface area (Å²) in [6.45, 7) is 3.64. The topological polar surface area (TPSA) is 131 Å². The Hall–Kier alpha value is -2.59. The summed E-state index contributed by atoms with van der Waals surface area (Å²) in [6, 6.07) is 0. The highest BCUT2D eigenvalue weighted by Gasteiger charge is 2.21. The number of allylic oxidation sites excluding steroid dienone is 12. The molecule has 57 heavy (non-hydrogen) atoms. The van der Waals surface area contributed by atoms with Crippen molar-refractivity contribution in [3.63, 3.8) is 0 Å². The van der Waals surface area contributed by atoms with E-state index < -0.39 is 32.5 Å². The van der Waals surface area contributed by atoms with Gasteiger partial charge in [0.25, 0.3) is 7.82 Å². The van der Waals surface area contributed by atoms with E-state index in [1.54, 1.807) is 0 Å². The fourth-order valence-corrected chi connectivity index (χ4v) is 6.01. The van der Waals surface area contributed by atoms with Gasteiger partial charge < -0.3 is 33.0 Å². The number of nitrogens with zero attached hydrogens (tertiary/aromatic N) is 1. The van der Waals surface area contributed by atoms with Crippen LogP contribution in [-0.4, -0.2) is 81.2 Å². The van der Waals surface area contributed by atoms with Crippen LogP contribution in [-0.2, 0) is 32.7 Å². The number of esters is 2. The minimum atomic E-state index is -4.65. The molecule has 3 atom stereocenters. The van der Waals surface area contributed by atoms with Gasteiger partial charge in [-0.3, -0.25) is 14.2 Å². The molecule has 0 bridgehead atoms. The van der Waals surface area contributed by atoms with Crippen LogP contribution in [0.3, 0.4) is 0 Å². The summed E-state index contributed by atoms with van der Waals surface area (Å²) in [6.07, 6.45) is 43.5. The van der Waals surface area contributed by atoms with Crippen molar-refractivity contribution in [1.29, 1.82) is 0 Å². The molecule has 0 aliphatic heterocycles. The summed E-state index contributed by atoms with van der Waals surface area (Å²) < 4.78 is 33.8. The number of phosphoric ester groups is 1. The van der Waals surface area contributed by atoms with Crippen molar-refractivity contribution in [2.75, 3.05) is 47.5 Å². The number of rotatable bonds is 38. The van der Waals surface area contributed by atoms with Crippen LogP contribution in [0.1, 0.15) is 149 Å². The van der Waals surface area contributed by atoms with Crippen molar-refractivity contribution >= 4 is 19.8 Å². The number of quaternary nitrogens is 1. The minimum absolute atomic E-state index is 0.0512. The Morgan fingerprint density at radius 3 is 1.65 bits per heavy atom. The maximum absolute atomic E-state index is 12.7. The normalized spacial score (nSPS) is 14.9. The lowest BCUT2D eigenvalue weighted by atomic mass is 10.1. The van der Waals surface area contributed by atoms with Gasteiger partial charge in [-0.25, -0.2) is 0 Å². The third kappa shape index (κ3) is 42.8. The van der Waals surface area contributed by atoms with Gasteiger partial charge in [-0.05, 0) is 96.8 Å². The Morgan fingerprint density at radius 1 is 0.632 bits per heavy atom. The smallest absolute Gasteiger partial charge is 0.306 e. The molecule has 0 aromatic rings. The molecule has 0 aromatic heterocycles. The molecular weight excluding hydrogens is 741 g/mol. The third-order valence-corrected chi connectivity index (χ3v) is 9.68. The second kappa shape index (κ2) is 37.7. The second-order valence-electron chi connectivity index (χ2n) is 15.6. The zero-order valence-corrected chi connectivity index (χ0v) is 37.3. The van der Waals surface area contributed by atoms with E-state index in [9.17, 15) is 24.2 Å². The molecule has 0 rings (SSSR count). The van der Waals surface area contributed by atoms with Crippen LogP contribution in [0.5, 0.6) is 0 Å². The lowest BCUT2D eigenvalue weighted by Crippen LogP contribution is -2.37. The van der Waals surface area contributed by atoms with Crippen LogP contribution in [0.2, 0.25) is 0 Å². The van der Waals surface area contributed by atoms with Crippen LogP contribution in [0.4, 0.5) is 0 Å². The van der Waals surface area contributed by atoms with Gasteiger partial charge in [0.2, 0.25) is 0 Å². The molecule has 328 valence electrons. The summed E-state index contributed by atoms with van der Waals surface area (Å²) in [5.41, 5.74) is 0. The number of unbranched alkanes of at least 4 members (excludes halogenated alkanes) is 10. The number of hydrogen-bond acceptors (Lipinski definition) is 9. The number of carbonyl (C=O) groups is 2. The molecule has 0 aromatic carbocycles. The van der Waals surface area contributed by atoms with E-state index in [4.69, 9.17) is 18.5 Å². The molecule has 10 nitrogen and oxygen atoms in total. The van der Waals surface area contributed by atoms with Gasteiger partial charge in [0, 0.05) is 12.8 Å². The molecule has 0 spiro atoms. The predicted octanol–water partition coefficient (Wildman–Crippen LogP) is 10.6. The maximum Gasteiger partial charge on any atom is 0.306 e. The highest BCUT2D eigenvalue weighted by molar-refractivity contribution is 7.45. The molecular formula is C46H80NO9P. The van der Waals surface area contributed by atoms with E-state index in [2.05, 4.69) is 73.8 Å². The summed E-state index contributed by atoms with van der Waals surface area (Å²) in [4.78, 5) is 37.5. The number of aliphatic hydroxyl groups excluding tert-OH is 1. The number of ether oxygens (including phenoxy) is 2. The van der Waals surface area contributed by atoms with Crippen molar-refractivity contribution in [3.8, 4) is 0 Å². The maximum atomic E-state index is 12.7. The summed E-state index contributed by atoms with van der Waals surface area (Å²) >= 11 is 0. The monoisotopic (exact) mass is 822 g/mol. The standard InChI is InChI=1S/C46H80NO9P/c1-6-7-8-9-10-11-12-13-15-20-23-26-29-32-35-38-46(50)56-44(42-55-57(51,52)54-40-39-47(3,4)5)41-53-45(49)37-34-31-28-25-22-19-17-14-16-18-21-24-27-30-33-36-43(2)48/h10-11,13,15-19,24-25,27-28,43-44,48H,6-9,12,14,20-23,26,29-42H2,1-5H3/b11-10-,15-13-,18-16-,19-17-,27-24-,28-25-/t43-,44-/m1/s1. The zero-order valence-electron chi connectivity index (χ0n) is 36.4. The van der Waals surface area contributed by atoms with Crippen molar-refractivity contribution in [2.24, 2.45) is 0 Å². The van der Waals surface area contributed by atoms with Gasteiger partial charge in [0.05, 0.1) is 33.9 Å². The van der Waals surface area contributed by atoms with E-state index in [0.717, 1.165) is 83.5 Å². The highest BCUT2D eigenvalue weighted by atomic mass is 31.2. The number of aliphatic hydroxyl groups is 1. The first-order valence-electron chi connectivity index (χ1n) is 21.7. The molecule has 0 aliphatic carbocycles. The number of phosphoric acid groups is 1. The quantitative estimate of drug-likeness (QED) is 0.0213. The third-order valence-electron chi connectivity index (χ3n) is 8.72. The SMILES string of the molecule is CCCCC/C=C\C/C=C\CCCCCCCC(=O)O[C@H](COC(=O)CCC/C=C\C/C=C\C/C=C\C/C=C\CCC[C@@H](C)O)COP(=O)([O-])OCC[N+](C)(C)C.